The van der Waals surface area contributed by atoms with Crippen LogP contribution in [0.5, 0.6) is 11.5 Å². The van der Waals surface area contributed by atoms with Crippen LogP contribution in [0.1, 0.15) is 36.8 Å². The lowest BCUT2D eigenvalue weighted by Crippen LogP contribution is -2.44. The molecule has 34 heavy (non-hydrogen) atoms. The number of carbonyl (C=O) groups excluding carboxylic acids is 2. The normalized spacial score (nSPS) is 18.5. The Morgan fingerprint density at radius 3 is 2.41 bits per heavy atom. The number of fused-ring (bicyclic) bond motifs is 1. The molecule has 1 fully saturated rings. The highest BCUT2D eigenvalue weighted by Gasteiger charge is 2.37. The van der Waals surface area contributed by atoms with E-state index >= 15 is 0 Å². The van der Waals surface area contributed by atoms with Crippen LogP contribution in [-0.2, 0) is 22.6 Å². The van der Waals surface area contributed by atoms with E-state index in [1.54, 1.807) is 0 Å². The van der Waals surface area contributed by atoms with Gasteiger partial charge in [-0.15, -0.1) is 0 Å². The molecule has 5 rings (SSSR count). The van der Waals surface area contributed by atoms with Crippen LogP contribution in [-0.4, -0.2) is 24.1 Å². The summed E-state index contributed by atoms with van der Waals surface area (Å²) in [5.41, 5.74) is 4.07. The summed E-state index contributed by atoms with van der Waals surface area (Å²) < 4.78 is 10.7. The smallest absolute Gasteiger partial charge is 0.231 e. The zero-order valence-electron chi connectivity index (χ0n) is 19.0. The van der Waals surface area contributed by atoms with E-state index in [4.69, 9.17) is 9.47 Å². The van der Waals surface area contributed by atoms with E-state index in [-0.39, 0.29) is 24.1 Å². The number of rotatable bonds is 8. The number of nitrogens with one attached hydrogen (secondary N) is 2. The van der Waals surface area contributed by atoms with E-state index in [0.717, 1.165) is 28.9 Å². The second-order valence-electron chi connectivity index (χ2n) is 9.03. The lowest BCUT2D eigenvalue weighted by molar-refractivity contribution is -0.122. The fourth-order valence-corrected chi connectivity index (χ4v) is 4.71. The molecule has 2 amide bonds. The minimum atomic E-state index is -0.387. The largest absolute Gasteiger partial charge is 0.454 e. The van der Waals surface area contributed by atoms with Crippen LogP contribution in [0.4, 0.5) is 0 Å². The van der Waals surface area contributed by atoms with Crippen LogP contribution >= 0.6 is 0 Å². The van der Waals surface area contributed by atoms with Crippen LogP contribution in [0.3, 0.4) is 0 Å². The number of benzene rings is 3. The van der Waals surface area contributed by atoms with Crippen molar-refractivity contribution < 1.29 is 19.1 Å². The van der Waals surface area contributed by atoms with Gasteiger partial charge >= 0.3 is 0 Å². The zero-order chi connectivity index (χ0) is 23.4. The highest BCUT2D eigenvalue weighted by Crippen LogP contribution is 2.33. The average molecular weight is 457 g/mol. The van der Waals surface area contributed by atoms with E-state index in [1.165, 1.54) is 5.56 Å². The summed E-state index contributed by atoms with van der Waals surface area (Å²) in [6.07, 6.45) is 2.91. The molecule has 1 atom stereocenters. The molecule has 2 N–H and O–H groups in total. The van der Waals surface area contributed by atoms with Crippen LogP contribution in [0.25, 0.3) is 11.1 Å². The molecule has 3 aromatic carbocycles. The maximum atomic E-state index is 12.6. The number of carbonyl (C=O) groups is 2. The lowest BCUT2D eigenvalue weighted by atomic mass is 9.84. The van der Waals surface area contributed by atoms with Crippen molar-refractivity contribution in [2.24, 2.45) is 0 Å². The molecule has 0 radical (unpaired) electrons. The Hall–Kier alpha value is -3.80. The van der Waals surface area contributed by atoms with Crippen molar-refractivity contribution in [2.45, 2.75) is 44.2 Å². The quantitative estimate of drug-likeness (QED) is 0.528. The van der Waals surface area contributed by atoms with Crippen molar-refractivity contribution >= 4 is 11.8 Å². The SMILES string of the molecule is O=C(CC[C@@]1(Cc2ccc(-c3ccccc3)cc2)CCC(=O)N1)NCc1ccc2c(c1)OCO2. The highest BCUT2D eigenvalue weighted by molar-refractivity contribution is 5.80. The molecule has 0 aliphatic carbocycles. The fourth-order valence-electron chi connectivity index (χ4n) is 4.71. The summed E-state index contributed by atoms with van der Waals surface area (Å²) in [6.45, 7) is 0.656. The Morgan fingerprint density at radius 1 is 0.912 bits per heavy atom. The number of ether oxygens (including phenoxy) is 2. The molecular weight excluding hydrogens is 428 g/mol. The standard InChI is InChI=1S/C28H28N2O4/c31-26(29-18-21-8-11-24-25(16-21)34-19-33-24)12-14-28(15-13-27(32)30-28)17-20-6-9-23(10-7-20)22-4-2-1-3-5-22/h1-11,16H,12-15,17-19H2,(H,29,31)(H,30,32)/t28-/m0/s1. The molecule has 3 aromatic rings. The summed E-state index contributed by atoms with van der Waals surface area (Å²) in [4.78, 5) is 24.7. The van der Waals surface area contributed by atoms with E-state index in [9.17, 15) is 9.59 Å². The van der Waals surface area contributed by atoms with Gasteiger partial charge in [0.05, 0.1) is 0 Å². The predicted molar refractivity (Wildman–Crippen MR) is 129 cm³/mol. The molecule has 6 heteroatoms. The maximum Gasteiger partial charge on any atom is 0.231 e. The minimum Gasteiger partial charge on any atom is -0.454 e. The van der Waals surface area contributed by atoms with E-state index in [2.05, 4.69) is 47.0 Å². The Kier molecular flexibility index (Phi) is 6.21. The monoisotopic (exact) mass is 456 g/mol. The van der Waals surface area contributed by atoms with Crippen LogP contribution in [0.2, 0.25) is 0 Å². The number of amides is 2. The summed E-state index contributed by atoms with van der Waals surface area (Å²) in [7, 11) is 0. The molecule has 1 saturated heterocycles. The second-order valence-corrected chi connectivity index (χ2v) is 9.03. The molecule has 6 nitrogen and oxygen atoms in total. The van der Waals surface area contributed by atoms with Gasteiger partial charge in [0.2, 0.25) is 18.6 Å². The third-order valence-corrected chi connectivity index (χ3v) is 6.60. The first-order chi connectivity index (χ1) is 16.6. The molecular formula is C28H28N2O4. The van der Waals surface area contributed by atoms with Crippen molar-refractivity contribution in [1.82, 2.24) is 10.6 Å². The Labute approximate surface area is 199 Å². The molecule has 0 unspecified atom stereocenters. The molecule has 0 bridgehead atoms. The van der Waals surface area contributed by atoms with Gasteiger partial charge in [0.1, 0.15) is 0 Å². The molecule has 0 aromatic heterocycles. The summed E-state index contributed by atoms with van der Waals surface area (Å²) >= 11 is 0. The Bertz CT molecular complexity index is 1180. The first kappa shape index (κ1) is 22.0. The third-order valence-electron chi connectivity index (χ3n) is 6.60. The van der Waals surface area contributed by atoms with Gasteiger partial charge in [-0.3, -0.25) is 9.59 Å². The first-order valence-electron chi connectivity index (χ1n) is 11.7. The van der Waals surface area contributed by atoms with Crippen molar-refractivity contribution in [3.63, 3.8) is 0 Å². The summed E-state index contributed by atoms with van der Waals surface area (Å²) in [5, 5.41) is 6.15. The van der Waals surface area contributed by atoms with Crippen molar-refractivity contribution in [2.75, 3.05) is 6.79 Å². The average Bonchev–Trinajstić information content (AvgIpc) is 3.48. The van der Waals surface area contributed by atoms with Crippen LogP contribution < -0.4 is 20.1 Å². The topological polar surface area (TPSA) is 76.7 Å². The maximum absolute atomic E-state index is 12.6. The Morgan fingerprint density at radius 2 is 1.65 bits per heavy atom. The molecule has 2 heterocycles. The number of hydrogen-bond acceptors (Lipinski definition) is 4. The lowest BCUT2D eigenvalue weighted by Gasteiger charge is -2.29. The predicted octanol–water partition coefficient (Wildman–Crippen LogP) is 4.37. The molecule has 2 aliphatic rings. The van der Waals surface area contributed by atoms with Crippen LogP contribution in [0, 0.1) is 0 Å². The zero-order valence-corrected chi connectivity index (χ0v) is 19.0. The molecule has 2 aliphatic heterocycles. The van der Waals surface area contributed by atoms with Gasteiger partial charge in [-0.05, 0) is 53.6 Å². The molecule has 174 valence electrons. The minimum absolute atomic E-state index is 0.0300. The van der Waals surface area contributed by atoms with E-state index < -0.39 is 0 Å². The third kappa shape index (κ3) is 5.06. The highest BCUT2D eigenvalue weighted by atomic mass is 16.7. The molecule has 0 spiro atoms. The van der Waals surface area contributed by atoms with Crippen molar-refractivity contribution in [3.05, 3.63) is 83.9 Å². The van der Waals surface area contributed by atoms with Gasteiger partial charge in [0.15, 0.2) is 11.5 Å². The molecule has 0 saturated carbocycles. The van der Waals surface area contributed by atoms with Gasteiger partial charge in [0.25, 0.3) is 0 Å². The second kappa shape index (κ2) is 9.59. The summed E-state index contributed by atoms with van der Waals surface area (Å²) in [6, 6.07) is 24.4. The van der Waals surface area contributed by atoms with Gasteiger partial charge in [-0.25, -0.2) is 0 Å². The Balaban J connectivity index is 1.19. The van der Waals surface area contributed by atoms with Gasteiger partial charge in [-0.2, -0.15) is 0 Å². The first-order valence-corrected chi connectivity index (χ1v) is 11.7. The fraction of sp³-hybridized carbons (Fsp3) is 0.286. The van der Waals surface area contributed by atoms with Crippen molar-refractivity contribution in [3.8, 4) is 22.6 Å². The number of hydrogen-bond donors (Lipinski definition) is 2. The van der Waals surface area contributed by atoms with E-state index in [1.807, 2.05) is 36.4 Å². The van der Waals surface area contributed by atoms with E-state index in [0.29, 0.717) is 38.0 Å². The van der Waals surface area contributed by atoms with Crippen LogP contribution in [0.15, 0.2) is 72.8 Å². The van der Waals surface area contributed by atoms with Crippen molar-refractivity contribution in [1.29, 1.82) is 0 Å². The summed E-state index contributed by atoms with van der Waals surface area (Å²) in [5.74, 6) is 1.46. The van der Waals surface area contributed by atoms with Gasteiger partial charge in [0, 0.05) is 24.9 Å². The van der Waals surface area contributed by atoms with Gasteiger partial charge < -0.3 is 20.1 Å². The van der Waals surface area contributed by atoms with Gasteiger partial charge in [-0.1, -0.05) is 60.7 Å².